The number of nitrogen functional groups attached to an aromatic ring is 1. The van der Waals surface area contributed by atoms with Crippen molar-refractivity contribution in [2.45, 2.75) is 19.1 Å². The molecule has 2 aromatic rings. The van der Waals surface area contributed by atoms with Crippen molar-refractivity contribution in [2.75, 3.05) is 12.8 Å². The molecule has 0 amide bonds. The van der Waals surface area contributed by atoms with Crippen LogP contribution in [0.1, 0.15) is 13.8 Å². The monoisotopic (exact) mass is 295 g/mol. The van der Waals surface area contributed by atoms with Gasteiger partial charge in [-0.05, 0) is 31.5 Å². The van der Waals surface area contributed by atoms with Gasteiger partial charge in [-0.1, -0.05) is 0 Å². The zero-order valence-electron chi connectivity index (χ0n) is 11.6. The summed E-state index contributed by atoms with van der Waals surface area (Å²) in [6.45, 7) is 3.22. The molecule has 0 bridgehead atoms. The number of nitrogens with zero attached hydrogens (tertiary/aromatic N) is 2. The molecule has 7 heteroatoms. The summed E-state index contributed by atoms with van der Waals surface area (Å²) in [6.07, 6.45) is 2.97. The first kappa shape index (κ1) is 14.4. The summed E-state index contributed by atoms with van der Waals surface area (Å²) >= 11 is 0. The third-order valence-electron chi connectivity index (χ3n) is 2.91. The number of hydrogen-bond donors (Lipinski definition) is 1. The molecule has 1 heterocycles. The van der Waals surface area contributed by atoms with Crippen LogP contribution in [-0.4, -0.2) is 30.0 Å². The lowest BCUT2D eigenvalue weighted by Crippen LogP contribution is -2.22. The Bertz CT molecular complexity index is 720. The van der Waals surface area contributed by atoms with Crippen LogP contribution in [-0.2, 0) is 10.0 Å². The van der Waals surface area contributed by atoms with E-state index in [-0.39, 0.29) is 0 Å². The lowest BCUT2D eigenvalue weighted by atomic mass is 10.1. The van der Waals surface area contributed by atoms with E-state index in [2.05, 4.69) is 5.10 Å². The van der Waals surface area contributed by atoms with Crippen LogP contribution in [0.25, 0.3) is 11.1 Å². The van der Waals surface area contributed by atoms with Gasteiger partial charge >= 0.3 is 0 Å². The van der Waals surface area contributed by atoms with Gasteiger partial charge in [-0.3, -0.25) is 0 Å². The van der Waals surface area contributed by atoms with E-state index in [4.69, 9.17) is 10.5 Å². The van der Waals surface area contributed by atoms with Crippen LogP contribution in [0.2, 0.25) is 0 Å². The molecule has 2 rings (SSSR count). The number of aromatic nitrogens is 2. The van der Waals surface area contributed by atoms with Gasteiger partial charge in [0.1, 0.15) is 5.75 Å². The molecule has 0 radical (unpaired) electrons. The van der Waals surface area contributed by atoms with E-state index in [9.17, 15) is 8.42 Å². The van der Waals surface area contributed by atoms with Crippen molar-refractivity contribution in [3.05, 3.63) is 30.6 Å². The van der Waals surface area contributed by atoms with Gasteiger partial charge in [-0.2, -0.15) is 9.19 Å². The molecule has 0 aliphatic heterocycles. The van der Waals surface area contributed by atoms with E-state index in [0.717, 1.165) is 9.65 Å². The quantitative estimate of drug-likeness (QED) is 0.868. The van der Waals surface area contributed by atoms with Crippen LogP contribution in [0.15, 0.2) is 30.6 Å². The Morgan fingerprint density at radius 2 is 1.95 bits per heavy atom. The Hall–Kier alpha value is -2.02. The average molecular weight is 295 g/mol. The van der Waals surface area contributed by atoms with E-state index in [0.29, 0.717) is 17.0 Å². The number of benzene rings is 1. The molecule has 1 aromatic heterocycles. The van der Waals surface area contributed by atoms with Crippen LogP contribution in [0.5, 0.6) is 5.75 Å². The predicted octanol–water partition coefficient (Wildman–Crippen LogP) is 1.73. The maximum absolute atomic E-state index is 12.0. The van der Waals surface area contributed by atoms with Crippen molar-refractivity contribution in [3.8, 4) is 16.9 Å². The van der Waals surface area contributed by atoms with Crippen molar-refractivity contribution >= 4 is 15.7 Å². The topological polar surface area (TPSA) is 87.2 Å². The number of hydrogen-bond acceptors (Lipinski definition) is 5. The van der Waals surface area contributed by atoms with Gasteiger partial charge in [0.15, 0.2) is 0 Å². The highest BCUT2D eigenvalue weighted by Gasteiger charge is 2.19. The van der Waals surface area contributed by atoms with E-state index in [1.807, 2.05) is 0 Å². The van der Waals surface area contributed by atoms with Gasteiger partial charge in [0.25, 0.3) is 10.0 Å². The lowest BCUT2D eigenvalue weighted by molar-refractivity contribution is 0.415. The first-order valence-corrected chi connectivity index (χ1v) is 7.59. The summed E-state index contributed by atoms with van der Waals surface area (Å²) in [7, 11) is -1.90. The molecule has 108 valence electrons. The molecule has 0 aliphatic carbocycles. The van der Waals surface area contributed by atoms with Crippen LogP contribution in [0.3, 0.4) is 0 Å². The Morgan fingerprint density at radius 3 is 2.55 bits per heavy atom. The molecule has 6 nitrogen and oxygen atoms in total. The van der Waals surface area contributed by atoms with Crippen molar-refractivity contribution in [2.24, 2.45) is 0 Å². The smallest absolute Gasteiger partial charge is 0.256 e. The van der Waals surface area contributed by atoms with Crippen LogP contribution in [0.4, 0.5) is 5.69 Å². The molecule has 0 atom stereocenters. The van der Waals surface area contributed by atoms with Crippen molar-refractivity contribution < 1.29 is 13.2 Å². The van der Waals surface area contributed by atoms with Crippen LogP contribution >= 0.6 is 0 Å². The summed E-state index contributed by atoms with van der Waals surface area (Å²) < 4.78 is 30.2. The highest BCUT2D eigenvalue weighted by Crippen LogP contribution is 2.27. The Kier molecular flexibility index (Phi) is 3.71. The van der Waals surface area contributed by atoms with E-state index in [1.165, 1.54) is 12.4 Å². The molecule has 20 heavy (non-hydrogen) atoms. The van der Waals surface area contributed by atoms with Gasteiger partial charge < -0.3 is 10.5 Å². The second-order valence-electron chi connectivity index (χ2n) is 4.69. The molecule has 0 saturated carbocycles. The number of nitrogens with two attached hydrogens (primary N) is 1. The van der Waals surface area contributed by atoms with Gasteiger partial charge in [-0.15, -0.1) is 0 Å². The van der Waals surface area contributed by atoms with Gasteiger partial charge in [0.2, 0.25) is 0 Å². The van der Waals surface area contributed by atoms with Gasteiger partial charge in [-0.25, -0.2) is 8.42 Å². The summed E-state index contributed by atoms with van der Waals surface area (Å²) in [5, 5.41) is 3.38. The fourth-order valence-electron chi connectivity index (χ4n) is 1.72. The second-order valence-corrected chi connectivity index (χ2v) is 7.04. The molecule has 2 N–H and O–H groups in total. The Morgan fingerprint density at radius 1 is 1.25 bits per heavy atom. The molecular weight excluding hydrogens is 278 g/mol. The number of methoxy groups -OCH3 is 1. The first-order valence-electron chi connectivity index (χ1n) is 6.08. The third-order valence-corrected chi connectivity index (χ3v) is 4.83. The van der Waals surface area contributed by atoms with E-state index >= 15 is 0 Å². The number of ether oxygens (including phenoxy) is 1. The summed E-state index contributed by atoms with van der Waals surface area (Å²) in [5.74, 6) is 0.611. The van der Waals surface area contributed by atoms with Crippen molar-refractivity contribution in [1.82, 2.24) is 9.19 Å². The third kappa shape index (κ3) is 2.62. The molecule has 0 spiro atoms. The number of rotatable bonds is 4. The molecule has 0 saturated heterocycles. The Labute approximate surface area is 118 Å². The molecular formula is C13H17N3O3S. The van der Waals surface area contributed by atoms with Crippen LogP contribution in [0, 0.1) is 0 Å². The van der Waals surface area contributed by atoms with Gasteiger partial charge in [0.05, 0.1) is 24.8 Å². The summed E-state index contributed by atoms with van der Waals surface area (Å²) in [4.78, 5) is 0. The minimum absolute atomic E-state index is 0.536. The van der Waals surface area contributed by atoms with Crippen molar-refractivity contribution in [3.63, 3.8) is 0 Å². The molecule has 0 fully saturated rings. The largest absolute Gasteiger partial charge is 0.497 e. The maximum Gasteiger partial charge on any atom is 0.256 e. The minimum atomic E-state index is -3.45. The lowest BCUT2D eigenvalue weighted by Gasteiger charge is -2.07. The fourth-order valence-corrected chi connectivity index (χ4v) is 2.59. The highest BCUT2D eigenvalue weighted by molar-refractivity contribution is 7.90. The minimum Gasteiger partial charge on any atom is -0.497 e. The predicted molar refractivity (Wildman–Crippen MR) is 78.1 cm³/mol. The van der Waals surface area contributed by atoms with E-state index < -0.39 is 15.3 Å². The van der Waals surface area contributed by atoms with E-state index in [1.54, 1.807) is 39.2 Å². The molecule has 0 unspecified atom stereocenters. The standard InChI is InChI=1S/C13H17N3O3S/c1-9(2)20(17,18)16-8-11(7-15-16)10-4-12(14)6-13(5-10)19-3/h4-9H,14H2,1-3H3. The van der Waals surface area contributed by atoms with Gasteiger partial charge in [0, 0.05) is 17.3 Å². The van der Waals surface area contributed by atoms with Crippen LogP contribution < -0.4 is 10.5 Å². The average Bonchev–Trinajstić information content (AvgIpc) is 2.87. The molecule has 0 aliphatic rings. The second kappa shape index (κ2) is 5.16. The van der Waals surface area contributed by atoms with Crippen molar-refractivity contribution in [1.29, 1.82) is 0 Å². The SMILES string of the molecule is COc1cc(N)cc(-c2cnn(S(=O)(=O)C(C)C)c2)c1. The zero-order valence-corrected chi connectivity index (χ0v) is 12.4. The zero-order chi connectivity index (χ0) is 14.9. The maximum atomic E-state index is 12.0. The fraction of sp³-hybridized carbons (Fsp3) is 0.308. The normalized spacial score (nSPS) is 11.8. The summed E-state index contributed by atoms with van der Waals surface area (Å²) in [5.41, 5.74) is 7.75. The summed E-state index contributed by atoms with van der Waals surface area (Å²) in [6, 6.07) is 5.21. The Balaban J connectivity index is 2.46. The first-order chi connectivity index (χ1) is 9.34. The molecule has 1 aromatic carbocycles. The highest BCUT2D eigenvalue weighted by atomic mass is 32.2. The number of anilines is 1.